The Morgan fingerprint density at radius 3 is 2.45 bits per heavy atom. The van der Waals surface area contributed by atoms with Gasteiger partial charge in [0.1, 0.15) is 28.0 Å². The summed E-state index contributed by atoms with van der Waals surface area (Å²) in [6, 6.07) is 12.8. The van der Waals surface area contributed by atoms with Crippen LogP contribution in [-0.2, 0) is 16.6 Å². The van der Waals surface area contributed by atoms with Gasteiger partial charge in [-0.15, -0.1) is 0 Å². The van der Waals surface area contributed by atoms with Crippen LogP contribution >= 0.6 is 11.6 Å². The van der Waals surface area contributed by atoms with E-state index in [-0.39, 0.29) is 23.3 Å². The molecule has 3 aromatic rings. The van der Waals surface area contributed by atoms with Crippen molar-refractivity contribution in [1.82, 2.24) is 4.90 Å². The third kappa shape index (κ3) is 6.45. The number of methoxy groups -OCH3 is 2. The molecule has 1 aliphatic heterocycles. The number of hydrogen-bond donors (Lipinski definition) is 1. The van der Waals surface area contributed by atoms with Crippen molar-refractivity contribution >= 4 is 33.0 Å². The molecule has 226 valence electrons. The molecule has 0 bridgehead atoms. The highest BCUT2D eigenvalue weighted by Crippen LogP contribution is 2.36. The molecule has 2 aliphatic rings. The third-order valence-corrected chi connectivity index (χ3v) is 10.3. The number of hydrogen-bond acceptors (Lipinski definition) is 6. The Kier molecular flexibility index (Phi) is 9.44. The minimum absolute atomic E-state index is 0.0289. The molecule has 0 unspecified atom stereocenters. The van der Waals surface area contributed by atoms with Gasteiger partial charge >= 0.3 is 0 Å². The van der Waals surface area contributed by atoms with Gasteiger partial charge in [-0.1, -0.05) is 30.5 Å². The van der Waals surface area contributed by atoms with Gasteiger partial charge in [0.2, 0.25) is 0 Å². The average Bonchev–Trinajstić information content (AvgIpc) is 3.52. The molecule has 3 aromatic carbocycles. The Balaban J connectivity index is 1.49. The molecule has 0 radical (unpaired) electrons. The third-order valence-electron chi connectivity index (χ3n) is 8.17. The topological polar surface area (TPSA) is 71.1 Å². The lowest BCUT2D eigenvalue weighted by atomic mass is 9.89. The minimum atomic E-state index is -4.55. The molecule has 0 amide bonds. The Labute approximate surface area is 251 Å². The average molecular weight is 620 g/mol. The lowest BCUT2D eigenvalue weighted by Crippen LogP contribution is -2.47. The number of nitrogens with zero attached hydrogens (tertiary/aromatic N) is 2. The van der Waals surface area contributed by atoms with Crippen molar-refractivity contribution in [2.75, 3.05) is 36.9 Å². The molecule has 1 N–H and O–H groups in total. The van der Waals surface area contributed by atoms with Crippen LogP contribution in [0.1, 0.15) is 44.1 Å². The van der Waals surface area contributed by atoms with Crippen LogP contribution in [0.2, 0.25) is 5.02 Å². The number of ether oxygens (including phenoxy) is 2. The molecular weight excluding hydrogens is 584 g/mol. The van der Waals surface area contributed by atoms with Crippen molar-refractivity contribution in [2.45, 2.75) is 62.0 Å². The van der Waals surface area contributed by atoms with E-state index in [1.54, 1.807) is 18.2 Å². The first-order valence-electron chi connectivity index (χ1n) is 14.2. The Bertz CT molecular complexity index is 1520. The van der Waals surface area contributed by atoms with Gasteiger partial charge in [0.25, 0.3) is 10.0 Å². The monoisotopic (exact) mass is 619 g/mol. The summed E-state index contributed by atoms with van der Waals surface area (Å²) in [5, 5.41) is 3.53. The lowest BCUT2D eigenvalue weighted by Gasteiger charge is -2.39. The summed E-state index contributed by atoms with van der Waals surface area (Å²) in [4.78, 5) is 1.89. The lowest BCUT2D eigenvalue weighted by molar-refractivity contribution is 0.177. The van der Waals surface area contributed by atoms with E-state index in [0.717, 1.165) is 61.3 Å². The van der Waals surface area contributed by atoms with Crippen molar-refractivity contribution in [3.05, 3.63) is 76.8 Å². The highest BCUT2D eigenvalue weighted by atomic mass is 35.5. The second kappa shape index (κ2) is 13.1. The summed E-state index contributed by atoms with van der Waals surface area (Å²) in [7, 11) is -1.60. The number of benzene rings is 3. The first-order valence-corrected chi connectivity index (χ1v) is 16.0. The van der Waals surface area contributed by atoms with E-state index in [0.29, 0.717) is 28.8 Å². The predicted octanol–water partition coefficient (Wildman–Crippen LogP) is 6.85. The Morgan fingerprint density at radius 1 is 0.976 bits per heavy atom. The molecule has 5 rings (SSSR count). The molecule has 1 aliphatic carbocycles. The summed E-state index contributed by atoms with van der Waals surface area (Å²) in [6.45, 7) is 1.85. The van der Waals surface area contributed by atoms with Crippen LogP contribution in [0.15, 0.2) is 59.5 Å². The summed E-state index contributed by atoms with van der Waals surface area (Å²) in [5.41, 5.74) is 0.862. The van der Waals surface area contributed by atoms with E-state index in [1.807, 2.05) is 0 Å². The standard InChI is InChI=1S/C31H36ClF2N3O4S/c1-40-24-13-12-21(30(17-24)41-2)20-37(23-9-7-8-22(33)16-23)42(38,39)31-18-25(32)28(19-26(31)34)35-27-10-3-4-11-29(27)36-14-5-6-15-36/h7-9,12-13,16-19,27,29,35H,3-6,10-11,14-15,20H2,1-2H3/t27-,29-/m1/s1. The van der Waals surface area contributed by atoms with Crippen molar-refractivity contribution in [3.63, 3.8) is 0 Å². The fourth-order valence-electron chi connectivity index (χ4n) is 6.03. The maximum absolute atomic E-state index is 15.8. The van der Waals surface area contributed by atoms with Crippen LogP contribution in [0.25, 0.3) is 0 Å². The van der Waals surface area contributed by atoms with Crippen LogP contribution in [0, 0.1) is 11.6 Å². The molecule has 1 saturated heterocycles. The van der Waals surface area contributed by atoms with E-state index < -0.39 is 26.6 Å². The van der Waals surface area contributed by atoms with E-state index in [4.69, 9.17) is 21.1 Å². The second-order valence-corrected chi connectivity index (χ2v) is 13.0. The van der Waals surface area contributed by atoms with Gasteiger partial charge in [0, 0.05) is 23.7 Å². The zero-order chi connectivity index (χ0) is 29.9. The molecule has 7 nitrogen and oxygen atoms in total. The molecule has 11 heteroatoms. The summed E-state index contributed by atoms with van der Waals surface area (Å²) >= 11 is 6.63. The molecular formula is C31H36ClF2N3O4S. The summed E-state index contributed by atoms with van der Waals surface area (Å²) < 4.78 is 69.9. The quantitative estimate of drug-likeness (QED) is 0.268. The van der Waals surface area contributed by atoms with E-state index >= 15 is 4.39 Å². The molecule has 0 spiro atoms. The highest BCUT2D eigenvalue weighted by Gasteiger charge is 2.34. The van der Waals surface area contributed by atoms with Crippen molar-refractivity contribution in [2.24, 2.45) is 0 Å². The molecule has 0 aromatic heterocycles. The number of likely N-dealkylation sites (tertiary alicyclic amines) is 1. The van der Waals surface area contributed by atoms with Gasteiger partial charge in [-0.25, -0.2) is 17.2 Å². The maximum Gasteiger partial charge on any atom is 0.267 e. The van der Waals surface area contributed by atoms with Crippen molar-refractivity contribution in [1.29, 1.82) is 0 Å². The number of halogens is 3. The van der Waals surface area contributed by atoms with Crippen LogP contribution < -0.4 is 19.1 Å². The molecule has 42 heavy (non-hydrogen) atoms. The number of nitrogens with one attached hydrogen (secondary N) is 1. The molecule has 1 heterocycles. The van der Waals surface area contributed by atoms with Gasteiger partial charge in [0.05, 0.1) is 37.2 Å². The largest absolute Gasteiger partial charge is 0.497 e. The fourth-order valence-corrected chi connectivity index (χ4v) is 7.82. The smallest absolute Gasteiger partial charge is 0.267 e. The molecule has 2 atom stereocenters. The zero-order valence-corrected chi connectivity index (χ0v) is 25.4. The zero-order valence-electron chi connectivity index (χ0n) is 23.8. The van der Waals surface area contributed by atoms with Gasteiger partial charge < -0.3 is 14.8 Å². The van der Waals surface area contributed by atoms with Gasteiger partial charge in [-0.3, -0.25) is 9.21 Å². The van der Waals surface area contributed by atoms with E-state index in [1.165, 1.54) is 45.3 Å². The van der Waals surface area contributed by atoms with Gasteiger partial charge in [0.15, 0.2) is 0 Å². The number of rotatable bonds is 10. The number of sulfonamides is 1. The summed E-state index contributed by atoms with van der Waals surface area (Å²) in [5.74, 6) is -0.698. The predicted molar refractivity (Wildman–Crippen MR) is 161 cm³/mol. The first kappa shape index (κ1) is 30.4. The van der Waals surface area contributed by atoms with Crippen LogP contribution in [0.3, 0.4) is 0 Å². The van der Waals surface area contributed by atoms with Crippen LogP contribution in [0.5, 0.6) is 11.5 Å². The Hall–Kier alpha value is -3.08. The van der Waals surface area contributed by atoms with Crippen molar-refractivity contribution in [3.8, 4) is 11.5 Å². The molecule has 1 saturated carbocycles. The van der Waals surface area contributed by atoms with Gasteiger partial charge in [-0.2, -0.15) is 0 Å². The van der Waals surface area contributed by atoms with Gasteiger partial charge in [-0.05, 0) is 81.2 Å². The molecule has 2 fully saturated rings. The van der Waals surface area contributed by atoms with E-state index in [9.17, 15) is 12.8 Å². The SMILES string of the molecule is COc1ccc(CN(c2cccc(F)c2)S(=O)(=O)c2cc(Cl)c(N[C@@H]3CCCC[C@H]3N3CCCC3)cc2F)c(OC)c1. The minimum Gasteiger partial charge on any atom is -0.497 e. The van der Waals surface area contributed by atoms with E-state index in [2.05, 4.69) is 10.2 Å². The maximum atomic E-state index is 15.8. The van der Waals surface area contributed by atoms with Crippen LogP contribution in [0.4, 0.5) is 20.2 Å². The first-order chi connectivity index (χ1) is 20.2. The fraction of sp³-hybridized carbons (Fsp3) is 0.419. The highest BCUT2D eigenvalue weighted by molar-refractivity contribution is 7.92. The second-order valence-electron chi connectivity index (χ2n) is 10.8. The van der Waals surface area contributed by atoms with Crippen LogP contribution in [-0.4, -0.2) is 52.7 Å². The summed E-state index contributed by atoms with van der Waals surface area (Å²) in [6.07, 6.45) is 6.54. The normalized spacial score (nSPS) is 19.5. The van der Waals surface area contributed by atoms with Crippen molar-refractivity contribution < 1.29 is 26.7 Å². The number of anilines is 2. The Morgan fingerprint density at radius 2 is 1.74 bits per heavy atom.